The first-order chi connectivity index (χ1) is 9.10. The third kappa shape index (κ3) is 3.48. The lowest BCUT2D eigenvalue weighted by Gasteiger charge is -1.95. The molecule has 1 amide bonds. The van der Waals surface area contributed by atoms with Crippen LogP contribution >= 0.6 is 27.3 Å². The number of halogens is 2. The van der Waals surface area contributed by atoms with E-state index in [1.165, 1.54) is 12.3 Å². The van der Waals surface area contributed by atoms with Crippen LogP contribution in [0.4, 0.5) is 4.39 Å². The predicted octanol–water partition coefficient (Wildman–Crippen LogP) is 2.63. The fourth-order valence-electron chi connectivity index (χ4n) is 1.32. The van der Waals surface area contributed by atoms with E-state index in [0.717, 1.165) is 11.3 Å². The standard InChI is InChI=1S/C11H10BrFN4OS/c1-2-17-6-8(12)10(16-17)11(18)15-14-5-7-3-4-9(13)19-7/h3-6H,2H2,1H3,(H,15,18)/b14-5+. The molecule has 0 aliphatic heterocycles. The molecule has 0 fully saturated rings. The van der Waals surface area contributed by atoms with Crippen molar-refractivity contribution in [2.24, 2.45) is 5.10 Å². The number of amides is 1. The molecule has 0 aliphatic rings. The maximum atomic E-state index is 12.7. The fraction of sp³-hybridized carbons (Fsp3) is 0.182. The second kappa shape index (κ2) is 6.07. The third-order valence-electron chi connectivity index (χ3n) is 2.21. The van der Waals surface area contributed by atoms with Crippen LogP contribution in [0.1, 0.15) is 22.3 Å². The number of aryl methyl sites for hydroxylation is 1. The summed E-state index contributed by atoms with van der Waals surface area (Å²) in [4.78, 5) is 12.4. The number of hydrazone groups is 1. The molecule has 19 heavy (non-hydrogen) atoms. The Morgan fingerprint density at radius 3 is 3.05 bits per heavy atom. The van der Waals surface area contributed by atoms with Gasteiger partial charge >= 0.3 is 0 Å². The number of hydrogen-bond acceptors (Lipinski definition) is 4. The van der Waals surface area contributed by atoms with Crippen LogP contribution in [0.3, 0.4) is 0 Å². The van der Waals surface area contributed by atoms with E-state index < -0.39 is 5.91 Å². The number of nitrogens with one attached hydrogen (secondary N) is 1. The van der Waals surface area contributed by atoms with Gasteiger partial charge in [0.2, 0.25) is 0 Å². The minimum absolute atomic E-state index is 0.261. The summed E-state index contributed by atoms with van der Waals surface area (Å²) in [7, 11) is 0. The number of nitrogens with zero attached hydrogens (tertiary/aromatic N) is 3. The molecule has 0 radical (unpaired) electrons. The second-order valence-electron chi connectivity index (χ2n) is 3.52. The van der Waals surface area contributed by atoms with Crippen LogP contribution in [-0.2, 0) is 6.54 Å². The molecule has 2 rings (SSSR count). The Labute approximate surface area is 121 Å². The van der Waals surface area contributed by atoms with Crippen molar-refractivity contribution < 1.29 is 9.18 Å². The molecule has 0 aromatic carbocycles. The maximum Gasteiger partial charge on any atom is 0.293 e. The molecule has 2 aromatic rings. The second-order valence-corrected chi connectivity index (χ2v) is 5.44. The van der Waals surface area contributed by atoms with Crippen LogP contribution in [0.5, 0.6) is 0 Å². The molecule has 0 atom stereocenters. The van der Waals surface area contributed by atoms with Crippen molar-refractivity contribution in [2.75, 3.05) is 0 Å². The van der Waals surface area contributed by atoms with Crippen molar-refractivity contribution in [3.05, 3.63) is 38.5 Å². The van der Waals surface area contributed by atoms with Gasteiger partial charge in [-0.05, 0) is 35.0 Å². The van der Waals surface area contributed by atoms with Crippen molar-refractivity contribution in [1.29, 1.82) is 0 Å². The molecule has 2 aromatic heterocycles. The normalized spacial score (nSPS) is 11.1. The smallest absolute Gasteiger partial charge is 0.271 e. The molecule has 0 saturated carbocycles. The van der Waals surface area contributed by atoms with Gasteiger partial charge in [-0.2, -0.15) is 14.6 Å². The number of carbonyl (C=O) groups is 1. The lowest BCUT2D eigenvalue weighted by atomic mass is 10.4. The molecule has 0 unspecified atom stereocenters. The van der Waals surface area contributed by atoms with E-state index >= 15 is 0 Å². The summed E-state index contributed by atoms with van der Waals surface area (Å²) >= 11 is 4.20. The molecule has 8 heteroatoms. The maximum absolute atomic E-state index is 12.7. The van der Waals surface area contributed by atoms with E-state index in [9.17, 15) is 9.18 Å². The van der Waals surface area contributed by atoms with Gasteiger partial charge < -0.3 is 0 Å². The summed E-state index contributed by atoms with van der Waals surface area (Å²) in [5, 5.41) is 7.55. The summed E-state index contributed by atoms with van der Waals surface area (Å²) in [6.45, 7) is 2.59. The van der Waals surface area contributed by atoms with Crippen LogP contribution in [0.15, 0.2) is 27.9 Å². The molecule has 5 nitrogen and oxygen atoms in total. The van der Waals surface area contributed by atoms with E-state index in [2.05, 4.69) is 31.6 Å². The summed E-state index contributed by atoms with van der Waals surface area (Å²) < 4.78 is 15.0. The van der Waals surface area contributed by atoms with Gasteiger partial charge in [-0.15, -0.1) is 11.3 Å². The van der Waals surface area contributed by atoms with Crippen LogP contribution < -0.4 is 5.43 Å². The highest BCUT2D eigenvalue weighted by molar-refractivity contribution is 9.10. The Bertz CT molecular complexity index is 622. The number of aromatic nitrogens is 2. The Balaban J connectivity index is 2.01. The highest BCUT2D eigenvalue weighted by atomic mass is 79.9. The van der Waals surface area contributed by atoms with Gasteiger partial charge in [0.1, 0.15) is 0 Å². The zero-order chi connectivity index (χ0) is 13.8. The van der Waals surface area contributed by atoms with Crippen molar-refractivity contribution in [2.45, 2.75) is 13.5 Å². The first kappa shape index (κ1) is 13.9. The predicted molar refractivity (Wildman–Crippen MR) is 74.9 cm³/mol. The summed E-state index contributed by atoms with van der Waals surface area (Å²) in [6, 6.07) is 2.92. The van der Waals surface area contributed by atoms with Crippen LogP contribution in [0.2, 0.25) is 0 Å². The third-order valence-corrected chi connectivity index (χ3v) is 3.60. The molecule has 0 aliphatic carbocycles. The molecule has 0 saturated heterocycles. The van der Waals surface area contributed by atoms with Gasteiger partial charge in [0.25, 0.3) is 5.91 Å². The lowest BCUT2D eigenvalue weighted by Crippen LogP contribution is -2.19. The number of hydrogen-bond donors (Lipinski definition) is 1. The van der Waals surface area contributed by atoms with Crippen molar-refractivity contribution in [3.8, 4) is 0 Å². The molecular formula is C11H10BrFN4OS. The van der Waals surface area contributed by atoms with Crippen molar-refractivity contribution in [3.63, 3.8) is 0 Å². The van der Waals surface area contributed by atoms with E-state index in [1.807, 2.05) is 6.92 Å². The number of carbonyl (C=O) groups excluding carboxylic acids is 1. The minimum atomic E-state index is -0.424. The van der Waals surface area contributed by atoms with E-state index in [-0.39, 0.29) is 10.8 Å². The lowest BCUT2D eigenvalue weighted by molar-refractivity contribution is 0.0948. The highest BCUT2D eigenvalue weighted by Gasteiger charge is 2.13. The van der Waals surface area contributed by atoms with Gasteiger partial charge in [0.15, 0.2) is 10.8 Å². The van der Waals surface area contributed by atoms with Crippen molar-refractivity contribution >= 4 is 39.4 Å². The van der Waals surface area contributed by atoms with Crippen LogP contribution in [0, 0.1) is 5.13 Å². The zero-order valence-electron chi connectivity index (χ0n) is 9.93. The average molecular weight is 345 g/mol. The van der Waals surface area contributed by atoms with Gasteiger partial charge in [-0.3, -0.25) is 9.48 Å². The monoisotopic (exact) mass is 344 g/mol. The van der Waals surface area contributed by atoms with Gasteiger partial charge in [-0.25, -0.2) is 5.43 Å². The molecule has 0 spiro atoms. The Hall–Kier alpha value is -1.54. The molecule has 2 heterocycles. The van der Waals surface area contributed by atoms with Crippen LogP contribution in [-0.4, -0.2) is 21.9 Å². The van der Waals surface area contributed by atoms with E-state index in [1.54, 1.807) is 16.9 Å². The number of thiophene rings is 1. The van der Waals surface area contributed by atoms with E-state index in [0.29, 0.717) is 15.9 Å². The largest absolute Gasteiger partial charge is 0.293 e. The topological polar surface area (TPSA) is 59.3 Å². The molecule has 0 bridgehead atoms. The summed E-state index contributed by atoms with van der Waals surface area (Å²) in [5.41, 5.74) is 2.60. The fourth-order valence-corrected chi connectivity index (χ4v) is 2.42. The quantitative estimate of drug-likeness (QED) is 0.684. The first-order valence-electron chi connectivity index (χ1n) is 5.42. The summed E-state index contributed by atoms with van der Waals surface area (Å²) in [6.07, 6.45) is 3.10. The van der Waals surface area contributed by atoms with Gasteiger partial charge in [0.05, 0.1) is 15.6 Å². The summed E-state index contributed by atoms with van der Waals surface area (Å²) in [5.74, 6) is -0.424. The Morgan fingerprint density at radius 1 is 1.68 bits per heavy atom. The Kier molecular flexibility index (Phi) is 4.43. The van der Waals surface area contributed by atoms with E-state index in [4.69, 9.17) is 0 Å². The molecular weight excluding hydrogens is 335 g/mol. The molecule has 1 N–H and O–H groups in total. The zero-order valence-corrected chi connectivity index (χ0v) is 12.3. The minimum Gasteiger partial charge on any atom is -0.271 e. The van der Waals surface area contributed by atoms with Crippen molar-refractivity contribution in [1.82, 2.24) is 15.2 Å². The average Bonchev–Trinajstić information content (AvgIpc) is 2.95. The van der Waals surface area contributed by atoms with Crippen LogP contribution in [0.25, 0.3) is 0 Å². The number of rotatable bonds is 4. The van der Waals surface area contributed by atoms with Gasteiger partial charge in [-0.1, -0.05) is 0 Å². The Morgan fingerprint density at radius 2 is 2.47 bits per heavy atom. The van der Waals surface area contributed by atoms with Gasteiger partial charge in [0, 0.05) is 12.7 Å². The molecule has 100 valence electrons. The SMILES string of the molecule is CCn1cc(Br)c(C(=O)N/N=C/c2ccc(F)s2)n1. The highest BCUT2D eigenvalue weighted by Crippen LogP contribution is 2.15. The first-order valence-corrected chi connectivity index (χ1v) is 7.02.